The standard InChI is InChI=1S/C19H18Cl2N2O2/c1-12-11-14(20)7-8-17(12)23-10-9-22(13(2)18(23)24)19(25)15-5-3-4-6-16(15)21/h3-8,11,13H,9-10H2,1-2H3. The van der Waals surface area contributed by atoms with Gasteiger partial charge in [0.15, 0.2) is 0 Å². The summed E-state index contributed by atoms with van der Waals surface area (Å²) < 4.78 is 0. The number of piperazine rings is 1. The van der Waals surface area contributed by atoms with Gasteiger partial charge in [-0.15, -0.1) is 0 Å². The molecule has 1 heterocycles. The number of benzene rings is 2. The number of rotatable bonds is 2. The van der Waals surface area contributed by atoms with Gasteiger partial charge in [-0.3, -0.25) is 9.59 Å². The van der Waals surface area contributed by atoms with Crippen LogP contribution in [0.2, 0.25) is 10.0 Å². The molecule has 0 aliphatic carbocycles. The Bertz CT molecular complexity index is 838. The largest absolute Gasteiger partial charge is 0.325 e. The number of hydrogen-bond acceptors (Lipinski definition) is 2. The molecule has 2 aromatic carbocycles. The number of carbonyl (C=O) groups excluding carboxylic acids is 2. The number of carbonyl (C=O) groups is 2. The van der Waals surface area contributed by atoms with Crippen LogP contribution >= 0.6 is 23.2 Å². The first-order valence-corrected chi connectivity index (χ1v) is 8.79. The number of hydrogen-bond donors (Lipinski definition) is 0. The summed E-state index contributed by atoms with van der Waals surface area (Å²) in [6.07, 6.45) is 0. The van der Waals surface area contributed by atoms with Crippen LogP contribution in [-0.4, -0.2) is 35.8 Å². The van der Waals surface area contributed by atoms with Crippen LogP contribution < -0.4 is 4.90 Å². The Labute approximate surface area is 156 Å². The van der Waals surface area contributed by atoms with Crippen LogP contribution in [0.4, 0.5) is 5.69 Å². The first-order valence-electron chi connectivity index (χ1n) is 8.03. The second-order valence-corrected chi connectivity index (χ2v) is 6.92. The lowest BCUT2D eigenvalue weighted by atomic mass is 10.1. The highest BCUT2D eigenvalue weighted by Gasteiger charge is 2.36. The molecule has 0 spiro atoms. The van der Waals surface area contributed by atoms with Crippen LogP contribution in [0.15, 0.2) is 42.5 Å². The molecular weight excluding hydrogens is 359 g/mol. The van der Waals surface area contributed by atoms with E-state index >= 15 is 0 Å². The van der Waals surface area contributed by atoms with Gasteiger partial charge in [0.05, 0.1) is 10.6 Å². The molecule has 0 saturated carbocycles. The molecule has 3 rings (SSSR count). The highest BCUT2D eigenvalue weighted by Crippen LogP contribution is 2.28. The van der Waals surface area contributed by atoms with Gasteiger partial charge in [-0.25, -0.2) is 0 Å². The molecule has 2 amide bonds. The SMILES string of the molecule is Cc1cc(Cl)ccc1N1CCN(C(=O)c2ccccc2Cl)C(C)C1=O. The van der Waals surface area contributed by atoms with Crippen LogP contribution in [0, 0.1) is 6.92 Å². The molecule has 1 aliphatic rings. The second-order valence-electron chi connectivity index (χ2n) is 6.08. The van der Waals surface area contributed by atoms with E-state index in [1.165, 1.54) is 0 Å². The highest BCUT2D eigenvalue weighted by atomic mass is 35.5. The zero-order valence-electron chi connectivity index (χ0n) is 14.0. The lowest BCUT2D eigenvalue weighted by Gasteiger charge is -2.39. The summed E-state index contributed by atoms with van der Waals surface area (Å²) >= 11 is 12.1. The maximum Gasteiger partial charge on any atom is 0.256 e. The minimum Gasteiger partial charge on any atom is -0.325 e. The maximum absolute atomic E-state index is 12.9. The van der Waals surface area contributed by atoms with Crippen molar-refractivity contribution < 1.29 is 9.59 Å². The number of amides is 2. The fourth-order valence-corrected chi connectivity index (χ4v) is 3.54. The van der Waals surface area contributed by atoms with E-state index in [0.717, 1.165) is 11.3 Å². The topological polar surface area (TPSA) is 40.6 Å². The molecular formula is C19H18Cl2N2O2. The van der Waals surface area contributed by atoms with Gasteiger partial charge in [0.2, 0.25) is 5.91 Å². The minimum absolute atomic E-state index is 0.114. The van der Waals surface area contributed by atoms with E-state index in [1.54, 1.807) is 47.1 Å². The number of anilines is 1. The quantitative estimate of drug-likeness (QED) is 0.788. The third kappa shape index (κ3) is 3.37. The fraction of sp³-hybridized carbons (Fsp3) is 0.263. The lowest BCUT2D eigenvalue weighted by molar-refractivity contribution is -0.124. The smallest absolute Gasteiger partial charge is 0.256 e. The van der Waals surface area contributed by atoms with Gasteiger partial charge in [0.1, 0.15) is 6.04 Å². The van der Waals surface area contributed by atoms with Crippen LogP contribution in [0.5, 0.6) is 0 Å². The molecule has 6 heteroatoms. The Morgan fingerprint density at radius 2 is 1.84 bits per heavy atom. The van der Waals surface area contributed by atoms with E-state index in [2.05, 4.69) is 0 Å². The van der Waals surface area contributed by atoms with Gasteiger partial charge < -0.3 is 9.80 Å². The Balaban J connectivity index is 1.84. The van der Waals surface area contributed by atoms with Crippen molar-refractivity contribution in [2.45, 2.75) is 19.9 Å². The van der Waals surface area contributed by atoms with Gasteiger partial charge in [0, 0.05) is 23.8 Å². The van der Waals surface area contributed by atoms with E-state index in [9.17, 15) is 9.59 Å². The first-order chi connectivity index (χ1) is 11.9. The summed E-state index contributed by atoms with van der Waals surface area (Å²) in [7, 11) is 0. The van der Waals surface area contributed by atoms with Crippen molar-refractivity contribution in [3.63, 3.8) is 0 Å². The predicted molar refractivity (Wildman–Crippen MR) is 100 cm³/mol. The van der Waals surface area contributed by atoms with Crippen molar-refractivity contribution in [1.29, 1.82) is 0 Å². The van der Waals surface area contributed by atoms with Crippen LogP contribution in [-0.2, 0) is 4.79 Å². The Hall–Kier alpha value is -2.04. The van der Waals surface area contributed by atoms with E-state index < -0.39 is 6.04 Å². The molecule has 1 fully saturated rings. The number of nitrogens with zero attached hydrogens (tertiary/aromatic N) is 2. The normalized spacial score (nSPS) is 17.8. The third-order valence-electron chi connectivity index (χ3n) is 4.47. The van der Waals surface area contributed by atoms with Crippen LogP contribution in [0.3, 0.4) is 0 Å². The van der Waals surface area contributed by atoms with Crippen LogP contribution in [0.25, 0.3) is 0 Å². The Morgan fingerprint density at radius 1 is 1.12 bits per heavy atom. The summed E-state index contributed by atoms with van der Waals surface area (Å²) in [6.45, 7) is 4.54. The summed E-state index contributed by atoms with van der Waals surface area (Å²) in [5.41, 5.74) is 2.17. The molecule has 2 aromatic rings. The summed E-state index contributed by atoms with van der Waals surface area (Å²) in [6, 6.07) is 11.8. The van der Waals surface area contributed by atoms with Gasteiger partial charge in [0.25, 0.3) is 5.91 Å². The van der Waals surface area contributed by atoms with Crippen molar-refractivity contribution in [1.82, 2.24) is 4.90 Å². The maximum atomic E-state index is 12.9. The average molecular weight is 377 g/mol. The molecule has 0 radical (unpaired) electrons. The molecule has 1 unspecified atom stereocenters. The lowest BCUT2D eigenvalue weighted by Crippen LogP contribution is -2.58. The first kappa shape index (κ1) is 17.8. The fourth-order valence-electron chi connectivity index (χ4n) is 3.10. The zero-order valence-corrected chi connectivity index (χ0v) is 15.5. The van der Waals surface area contributed by atoms with E-state index in [4.69, 9.17) is 23.2 Å². The molecule has 0 aromatic heterocycles. The monoisotopic (exact) mass is 376 g/mol. The second kappa shape index (κ2) is 7.06. The summed E-state index contributed by atoms with van der Waals surface area (Å²) in [5, 5.41) is 1.03. The van der Waals surface area contributed by atoms with E-state index in [1.807, 2.05) is 19.1 Å². The number of halogens is 2. The third-order valence-corrected chi connectivity index (χ3v) is 5.03. The molecule has 1 aliphatic heterocycles. The molecule has 130 valence electrons. The highest BCUT2D eigenvalue weighted by molar-refractivity contribution is 6.34. The van der Waals surface area contributed by atoms with Gasteiger partial charge in [-0.1, -0.05) is 35.3 Å². The van der Waals surface area contributed by atoms with Crippen molar-refractivity contribution in [3.8, 4) is 0 Å². The average Bonchev–Trinajstić information content (AvgIpc) is 2.58. The van der Waals surface area contributed by atoms with Crippen molar-refractivity contribution in [2.75, 3.05) is 18.0 Å². The van der Waals surface area contributed by atoms with E-state index in [-0.39, 0.29) is 11.8 Å². The Morgan fingerprint density at radius 3 is 2.52 bits per heavy atom. The summed E-state index contributed by atoms with van der Waals surface area (Å²) in [4.78, 5) is 28.9. The van der Waals surface area contributed by atoms with Crippen molar-refractivity contribution in [2.24, 2.45) is 0 Å². The van der Waals surface area contributed by atoms with E-state index in [0.29, 0.717) is 28.7 Å². The van der Waals surface area contributed by atoms with Crippen LogP contribution in [0.1, 0.15) is 22.8 Å². The molecule has 0 N–H and O–H groups in total. The molecule has 1 saturated heterocycles. The van der Waals surface area contributed by atoms with Gasteiger partial charge >= 0.3 is 0 Å². The molecule has 1 atom stereocenters. The van der Waals surface area contributed by atoms with Crippen molar-refractivity contribution >= 4 is 40.7 Å². The Kier molecular flexibility index (Phi) is 5.02. The number of aryl methyl sites for hydroxylation is 1. The minimum atomic E-state index is -0.562. The summed E-state index contributed by atoms with van der Waals surface area (Å²) in [5.74, 6) is -0.337. The predicted octanol–water partition coefficient (Wildman–Crippen LogP) is 4.18. The van der Waals surface area contributed by atoms with Crippen molar-refractivity contribution in [3.05, 3.63) is 63.6 Å². The zero-order chi connectivity index (χ0) is 18.1. The molecule has 25 heavy (non-hydrogen) atoms. The van der Waals surface area contributed by atoms with Gasteiger partial charge in [-0.05, 0) is 49.7 Å². The molecule has 4 nitrogen and oxygen atoms in total. The molecule has 0 bridgehead atoms. The van der Waals surface area contributed by atoms with Gasteiger partial charge in [-0.2, -0.15) is 0 Å².